The van der Waals surface area contributed by atoms with Crippen LogP contribution in [-0.4, -0.2) is 36.9 Å². The fraction of sp³-hybridized carbons (Fsp3) is 0.500. The Morgan fingerprint density at radius 3 is 2.89 bits per heavy atom. The van der Waals surface area contributed by atoms with Gasteiger partial charge in [0, 0.05) is 13.2 Å². The van der Waals surface area contributed by atoms with Gasteiger partial charge in [0.05, 0.1) is 17.5 Å². The van der Waals surface area contributed by atoms with Gasteiger partial charge in [-0.25, -0.2) is 0 Å². The Hall–Kier alpha value is -1.75. The summed E-state index contributed by atoms with van der Waals surface area (Å²) in [7, 11) is 0. The number of anilines is 2. The van der Waals surface area contributed by atoms with Crippen molar-refractivity contribution in [3.8, 4) is 0 Å². The number of carbonyl (C=O) groups is 1. The van der Waals surface area contributed by atoms with Gasteiger partial charge in [-0.3, -0.25) is 4.79 Å². The van der Waals surface area contributed by atoms with Crippen molar-refractivity contribution < 1.29 is 14.6 Å². The highest BCUT2D eigenvalue weighted by Gasteiger charge is 2.19. The maximum absolute atomic E-state index is 11.0. The van der Waals surface area contributed by atoms with Crippen LogP contribution in [0.5, 0.6) is 0 Å². The molecule has 0 amide bonds. The van der Waals surface area contributed by atoms with Gasteiger partial charge in [-0.2, -0.15) is 0 Å². The Morgan fingerprint density at radius 1 is 1.47 bits per heavy atom. The lowest BCUT2D eigenvalue weighted by atomic mass is 10.1. The van der Waals surface area contributed by atoms with Gasteiger partial charge in [-0.15, -0.1) is 0 Å². The lowest BCUT2D eigenvalue weighted by molar-refractivity contribution is -0.135. The number of carboxylic acids is 1. The molecule has 1 unspecified atom stereocenters. The van der Waals surface area contributed by atoms with Crippen LogP contribution in [0.2, 0.25) is 0 Å². The standard InChI is InChI=1S/C14H20N2O3/c15-12-5-1-2-6-13(12)16(10-14(17)18)8-7-11-4-3-9-19-11/h1-2,5-6,11H,3-4,7-10,15H2,(H,17,18). The Labute approximate surface area is 113 Å². The van der Waals surface area contributed by atoms with Gasteiger partial charge in [0.15, 0.2) is 0 Å². The molecule has 0 aliphatic carbocycles. The lowest BCUT2D eigenvalue weighted by Crippen LogP contribution is -2.32. The van der Waals surface area contributed by atoms with Gasteiger partial charge in [0.1, 0.15) is 6.54 Å². The quantitative estimate of drug-likeness (QED) is 0.765. The molecule has 3 N–H and O–H groups in total. The Kier molecular flexibility index (Phi) is 4.63. The smallest absolute Gasteiger partial charge is 0.323 e. The number of benzene rings is 1. The molecule has 5 nitrogen and oxygen atoms in total. The number of nitrogens with two attached hydrogens (primary N) is 1. The highest BCUT2D eigenvalue weighted by Crippen LogP contribution is 2.24. The number of ether oxygens (including phenoxy) is 1. The van der Waals surface area contributed by atoms with E-state index in [1.54, 1.807) is 11.0 Å². The zero-order chi connectivity index (χ0) is 13.7. The molecular formula is C14H20N2O3. The van der Waals surface area contributed by atoms with Crippen molar-refractivity contribution in [1.29, 1.82) is 0 Å². The second-order valence-corrected chi connectivity index (χ2v) is 4.80. The minimum absolute atomic E-state index is 0.0407. The fourth-order valence-corrected chi connectivity index (χ4v) is 2.40. The van der Waals surface area contributed by atoms with E-state index in [1.807, 2.05) is 18.2 Å². The molecule has 0 bridgehead atoms. The average Bonchev–Trinajstić information content (AvgIpc) is 2.88. The summed E-state index contributed by atoms with van der Waals surface area (Å²) in [6.07, 6.45) is 3.24. The third kappa shape index (κ3) is 3.86. The molecule has 2 rings (SSSR count). The molecule has 1 aliphatic rings. The third-order valence-corrected chi connectivity index (χ3v) is 3.35. The first-order valence-corrected chi connectivity index (χ1v) is 6.59. The van der Waals surface area contributed by atoms with Crippen molar-refractivity contribution >= 4 is 17.3 Å². The maximum atomic E-state index is 11.0. The number of nitrogens with zero attached hydrogens (tertiary/aromatic N) is 1. The number of rotatable bonds is 6. The summed E-state index contributed by atoms with van der Waals surface area (Å²) in [5.74, 6) is -0.851. The van der Waals surface area contributed by atoms with E-state index in [0.717, 1.165) is 31.6 Å². The molecule has 1 aliphatic heterocycles. The summed E-state index contributed by atoms with van der Waals surface area (Å²) in [4.78, 5) is 12.8. The van der Waals surface area contributed by atoms with Gasteiger partial charge in [0.25, 0.3) is 0 Å². The summed E-state index contributed by atoms with van der Waals surface area (Å²) in [6, 6.07) is 7.36. The predicted molar refractivity (Wildman–Crippen MR) is 74.3 cm³/mol. The first kappa shape index (κ1) is 13.7. The van der Waals surface area contributed by atoms with Gasteiger partial charge in [0.2, 0.25) is 0 Å². The fourth-order valence-electron chi connectivity index (χ4n) is 2.40. The first-order valence-electron chi connectivity index (χ1n) is 6.59. The van der Waals surface area contributed by atoms with Gasteiger partial charge in [-0.1, -0.05) is 12.1 Å². The first-order chi connectivity index (χ1) is 9.16. The molecule has 1 saturated heterocycles. The zero-order valence-electron chi connectivity index (χ0n) is 10.9. The Balaban J connectivity index is 2.02. The number of hydrogen-bond donors (Lipinski definition) is 2. The second kappa shape index (κ2) is 6.43. The summed E-state index contributed by atoms with van der Waals surface area (Å²) in [6.45, 7) is 1.42. The van der Waals surface area contributed by atoms with E-state index < -0.39 is 5.97 Å². The molecule has 5 heteroatoms. The second-order valence-electron chi connectivity index (χ2n) is 4.80. The van der Waals surface area contributed by atoms with Crippen molar-refractivity contribution in [1.82, 2.24) is 0 Å². The monoisotopic (exact) mass is 264 g/mol. The van der Waals surface area contributed by atoms with Crippen LogP contribution in [0.4, 0.5) is 11.4 Å². The van der Waals surface area contributed by atoms with Crippen molar-refractivity contribution in [2.24, 2.45) is 0 Å². The number of nitrogen functional groups attached to an aromatic ring is 1. The molecule has 1 fully saturated rings. The van der Waals surface area contributed by atoms with E-state index >= 15 is 0 Å². The largest absolute Gasteiger partial charge is 0.480 e. The minimum atomic E-state index is -0.851. The summed E-state index contributed by atoms with van der Waals surface area (Å²) in [5.41, 5.74) is 7.30. The molecule has 0 spiro atoms. The normalized spacial score (nSPS) is 18.4. The van der Waals surface area contributed by atoms with Crippen LogP contribution in [0.25, 0.3) is 0 Å². The van der Waals surface area contributed by atoms with E-state index in [0.29, 0.717) is 12.2 Å². The van der Waals surface area contributed by atoms with Crippen molar-refractivity contribution in [3.05, 3.63) is 24.3 Å². The highest BCUT2D eigenvalue weighted by atomic mass is 16.5. The van der Waals surface area contributed by atoms with Crippen LogP contribution in [0.1, 0.15) is 19.3 Å². The Morgan fingerprint density at radius 2 is 2.26 bits per heavy atom. The average molecular weight is 264 g/mol. The molecule has 1 aromatic rings. The molecule has 1 aromatic carbocycles. The third-order valence-electron chi connectivity index (χ3n) is 3.35. The van der Waals surface area contributed by atoms with Crippen LogP contribution in [0, 0.1) is 0 Å². The maximum Gasteiger partial charge on any atom is 0.323 e. The van der Waals surface area contributed by atoms with Gasteiger partial charge < -0.3 is 20.5 Å². The molecule has 0 aromatic heterocycles. The van der Waals surface area contributed by atoms with Gasteiger partial charge in [-0.05, 0) is 31.4 Å². The number of para-hydroxylation sites is 2. The molecule has 0 radical (unpaired) electrons. The van der Waals surface area contributed by atoms with Crippen LogP contribution in [-0.2, 0) is 9.53 Å². The van der Waals surface area contributed by atoms with E-state index in [2.05, 4.69) is 0 Å². The molecular weight excluding hydrogens is 244 g/mol. The van der Waals surface area contributed by atoms with Crippen LogP contribution < -0.4 is 10.6 Å². The lowest BCUT2D eigenvalue weighted by Gasteiger charge is -2.25. The van der Waals surface area contributed by atoms with Crippen molar-refractivity contribution in [2.75, 3.05) is 30.3 Å². The zero-order valence-corrected chi connectivity index (χ0v) is 10.9. The van der Waals surface area contributed by atoms with Gasteiger partial charge >= 0.3 is 5.97 Å². The minimum Gasteiger partial charge on any atom is -0.480 e. The van der Waals surface area contributed by atoms with E-state index in [-0.39, 0.29) is 12.6 Å². The summed E-state index contributed by atoms with van der Waals surface area (Å²) in [5, 5.41) is 9.01. The molecule has 0 saturated carbocycles. The van der Waals surface area contributed by atoms with E-state index in [1.165, 1.54) is 0 Å². The number of aliphatic carboxylic acids is 1. The molecule has 1 atom stereocenters. The SMILES string of the molecule is Nc1ccccc1N(CCC1CCCO1)CC(=O)O. The van der Waals surface area contributed by atoms with Crippen molar-refractivity contribution in [2.45, 2.75) is 25.4 Å². The van der Waals surface area contributed by atoms with E-state index in [9.17, 15) is 4.79 Å². The van der Waals surface area contributed by atoms with Crippen molar-refractivity contribution in [3.63, 3.8) is 0 Å². The topological polar surface area (TPSA) is 75.8 Å². The van der Waals surface area contributed by atoms with Crippen LogP contribution in [0.3, 0.4) is 0 Å². The van der Waals surface area contributed by atoms with Crippen LogP contribution >= 0.6 is 0 Å². The predicted octanol–water partition coefficient (Wildman–Crippen LogP) is 1.73. The summed E-state index contributed by atoms with van der Waals surface area (Å²) < 4.78 is 5.57. The highest BCUT2D eigenvalue weighted by molar-refractivity contribution is 5.77. The number of hydrogen-bond acceptors (Lipinski definition) is 4. The van der Waals surface area contributed by atoms with E-state index in [4.69, 9.17) is 15.6 Å². The molecule has 19 heavy (non-hydrogen) atoms. The number of carboxylic acid groups (broad SMARTS) is 1. The Bertz CT molecular complexity index is 430. The molecule has 1 heterocycles. The molecule has 104 valence electrons. The van der Waals surface area contributed by atoms with Crippen LogP contribution in [0.15, 0.2) is 24.3 Å². The summed E-state index contributed by atoms with van der Waals surface area (Å²) >= 11 is 0.